The second-order valence-electron chi connectivity index (χ2n) is 5.73. The molecule has 0 spiro atoms. The minimum absolute atomic E-state index is 0.0383. The SMILES string of the molecule is CCCCCCCCC[C@H](O)[C@H]1O[C@H]1C(=O)N(C)C. The van der Waals surface area contributed by atoms with Crippen molar-refractivity contribution < 1.29 is 14.6 Å². The molecule has 3 atom stereocenters. The van der Waals surface area contributed by atoms with Crippen molar-refractivity contribution in [3.8, 4) is 0 Å². The number of amides is 1. The third-order valence-electron chi connectivity index (χ3n) is 3.69. The van der Waals surface area contributed by atoms with Crippen LogP contribution < -0.4 is 0 Å². The first kappa shape index (κ1) is 16.4. The fourth-order valence-electron chi connectivity index (χ4n) is 2.34. The first-order chi connectivity index (χ1) is 9.07. The summed E-state index contributed by atoms with van der Waals surface area (Å²) in [5, 5.41) is 9.94. The Labute approximate surface area is 117 Å². The van der Waals surface area contributed by atoms with E-state index < -0.39 is 12.2 Å². The molecule has 0 unspecified atom stereocenters. The maximum absolute atomic E-state index is 11.6. The Balaban J connectivity index is 2.01. The number of carbonyl (C=O) groups excluding carboxylic acids is 1. The van der Waals surface area contributed by atoms with Gasteiger partial charge >= 0.3 is 0 Å². The summed E-state index contributed by atoms with van der Waals surface area (Å²) in [4.78, 5) is 13.1. The molecule has 0 saturated carbocycles. The molecule has 0 aromatic rings. The Morgan fingerprint density at radius 1 is 1.16 bits per heavy atom. The second kappa shape index (κ2) is 8.54. The molecule has 1 aliphatic rings. The minimum atomic E-state index is -0.482. The van der Waals surface area contributed by atoms with Gasteiger partial charge in [-0.15, -0.1) is 0 Å². The third-order valence-corrected chi connectivity index (χ3v) is 3.69. The van der Waals surface area contributed by atoms with Gasteiger partial charge in [0, 0.05) is 14.1 Å². The van der Waals surface area contributed by atoms with Crippen molar-refractivity contribution in [1.82, 2.24) is 4.90 Å². The zero-order valence-corrected chi connectivity index (χ0v) is 12.6. The molecular formula is C15H29NO3. The van der Waals surface area contributed by atoms with Gasteiger partial charge in [-0.2, -0.15) is 0 Å². The highest BCUT2D eigenvalue weighted by molar-refractivity contribution is 5.83. The number of carbonyl (C=O) groups is 1. The highest BCUT2D eigenvalue weighted by Crippen LogP contribution is 2.29. The van der Waals surface area contributed by atoms with Crippen molar-refractivity contribution >= 4 is 5.91 Å². The summed E-state index contributed by atoms with van der Waals surface area (Å²) in [5.74, 6) is -0.0383. The Kier molecular flexibility index (Phi) is 7.39. The van der Waals surface area contributed by atoms with Gasteiger partial charge in [0.25, 0.3) is 5.91 Å². The highest BCUT2D eigenvalue weighted by atomic mass is 16.6. The molecular weight excluding hydrogens is 242 g/mol. The van der Waals surface area contributed by atoms with Gasteiger partial charge < -0.3 is 14.7 Å². The summed E-state index contributed by atoms with van der Waals surface area (Å²) in [7, 11) is 3.42. The minimum Gasteiger partial charge on any atom is -0.390 e. The van der Waals surface area contributed by atoms with Gasteiger partial charge in [-0.3, -0.25) is 4.79 Å². The molecule has 0 aliphatic carbocycles. The van der Waals surface area contributed by atoms with Gasteiger partial charge in [-0.1, -0.05) is 51.9 Å². The summed E-state index contributed by atoms with van der Waals surface area (Å²) in [6, 6.07) is 0. The van der Waals surface area contributed by atoms with Gasteiger partial charge in [-0.05, 0) is 6.42 Å². The topological polar surface area (TPSA) is 53.1 Å². The van der Waals surface area contributed by atoms with Crippen LogP contribution in [0.4, 0.5) is 0 Å². The van der Waals surface area contributed by atoms with Crippen molar-refractivity contribution in [1.29, 1.82) is 0 Å². The molecule has 1 aliphatic heterocycles. The van der Waals surface area contributed by atoms with Crippen LogP contribution in [0.25, 0.3) is 0 Å². The maximum atomic E-state index is 11.6. The predicted octanol–water partition coefficient (Wildman–Crippen LogP) is 2.34. The van der Waals surface area contributed by atoms with E-state index in [1.807, 2.05) is 0 Å². The number of hydrogen-bond donors (Lipinski definition) is 1. The molecule has 0 aromatic heterocycles. The summed E-state index contributed by atoms with van der Waals surface area (Å²) >= 11 is 0. The molecule has 1 fully saturated rings. The quantitative estimate of drug-likeness (QED) is 0.490. The van der Waals surface area contributed by atoms with Crippen LogP contribution in [0, 0.1) is 0 Å². The van der Waals surface area contributed by atoms with Crippen LogP contribution in [-0.2, 0) is 9.53 Å². The Hall–Kier alpha value is -0.610. The largest absolute Gasteiger partial charge is 0.390 e. The fraction of sp³-hybridized carbons (Fsp3) is 0.933. The number of nitrogens with zero attached hydrogens (tertiary/aromatic N) is 1. The van der Waals surface area contributed by atoms with Crippen molar-refractivity contribution in [3.05, 3.63) is 0 Å². The van der Waals surface area contributed by atoms with Gasteiger partial charge in [0.2, 0.25) is 0 Å². The molecule has 1 N–H and O–H groups in total. The van der Waals surface area contributed by atoms with E-state index in [0.29, 0.717) is 0 Å². The molecule has 4 heteroatoms. The van der Waals surface area contributed by atoms with Gasteiger partial charge in [0.15, 0.2) is 6.10 Å². The van der Waals surface area contributed by atoms with Crippen LogP contribution in [0.1, 0.15) is 58.3 Å². The monoisotopic (exact) mass is 271 g/mol. The van der Waals surface area contributed by atoms with Crippen LogP contribution in [0.5, 0.6) is 0 Å². The van der Waals surface area contributed by atoms with Crippen molar-refractivity contribution in [2.45, 2.75) is 76.6 Å². The number of epoxide rings is 1. The summed E-state index contributed by atoms with van der Waals surface area (Å²) in [6.45, 7) is 2.22. The molecule has 0 aromatic carbocycles. The molecule has 1 amide bonds. The Morgan fingerprint density at radius 2 is 1.74 bits per heavy atom. The van der Waals surface area contributed by atoms with E-state index in [-0.39, 0.29) is 12.0 Å². The second-order valence-corrected chi connectivity index (χ2v) is 5.73. The lowest BCUT2D eigenvalue weighted by Gasteiger charge is -2.09. The van der Waals surface area contributed by atoms with Crippen LogP contribution in [0.15, 0.2) is 0 Å². The number of ether oxygens (including phenoxy) is 1. The molecule has 1 rings (SSSR count). The summed E-state index contributed by atoms with van der Waals surface area (Å²) < 4.78 is 5.27. The number of likely N-dealkylation sites (N-methyl/N-ethyl adjacent to an activating group) is 1. The molecule has 1 saturated heterocycles. The van der Waals surface area contributed by atoms with E-state index in [2.05, 4.69) is 6.92 Å². The Bertz CT molecular complexity index is 268. The van der Waals surface area contributed by atoms with Crippen LogP contribution in [-0.4, -0.2) is 48.3 Å². The number of aliphatic hydroxyl groups is 1. The van der Waals surface area contributed by atoms with Crippen molar-refractivity contribution in [3.63, 3.8) is 0 Å². The van der Waals surface area contributed by atoms with E-state index in [1.165, 1.54) is 43.4 Å². The fourth-order valence-corrected chi connectivity index (χ4v) is 2.34. The number of unbranched alkanes of at least 4 members (excludes halogenated alkanes) is 6. The Morgan fingerprint density at radius 3 is 2.32 bits per heavy atom. The molecule has 4 nitrogen and oxygen atoms in total. The lowest BCUT2D eigenvalue weighted by atomic mass is 10.0. The predicted molar refractivity (Wildman–Crippen MR) is 76.0 cm³/mol. The average molecular weight is 271 g/mol. The van der Waals surface area contributed by atoms with Crippen LogP contribution in [0.3, 0.4) is 0 Å². The number of aliphatic hydroxyl groups excluding tert-OH is 1. The van der Waals surface area contributed by atoms with Crippen LogP contribution >= 0.6 is 0 Å². The van der Waals surface area contributed by atoms with E-state index in [1.54, 1.807) is 14.1 Å². The lowest BCUT2D eigenvalue weighted by Crippen LogP contribution is -2.30. The van der Waals surface area contributed by atoms with E-state index >= 15 is 0 Å². The number of hydrogen-bond acceptors (Lipinski definition) is 3. The normalized spacial score (nSPS) is 23.2. The van der Waals surface area contributed by atoms with Gasteiger partial charge in [-0.25, -0.2) is 0 Å². The van der Waals surface area contributed by atoms with Crippen molar-refractivity contribution in [2.24, 2.45) is 0 Å². The van der Waals surface area contributed by atoms with Gasteiger partial charge in [0.05, 0.1) is 6.10 Å². The third kappa shape index (κ3) is 5.91. The first-order valence-corrected chi connectivity index (χ1v) is 7.62. The molecule has 0 radical (unpaired) electrons. The molecule has 1 heterocycles. The zero-order valence-electron chi connectivity index (χ0n) is 12.6. The van der Waals surface area contributed by atoms with E-state index in [4.69, 9.17) is 4.74 Å². The highest BCUT2D eigenvalue weighted by Gasteiger charge is 2.49. The molecule has 19 heavy (non-hydrogen) atoms. The first-order valence-electron chi connectivity index (χ1n) is 7.62. The molecule has 112 valence electrons. The molecule has 0 bridgehead atoms. The smallest absolute Gasteiger partial charge is 0.254 e. The van der Waals surface area contributed by atoms with Gasteiger partial charge in [0.1, 0.15) is 6.10 Å². The zero-order chi connectivity index (χ0) is 14.3. The summed E-state index contributed by atoms with van der Waals surface area (Å²) in [6.07, 6.45) is 8.25. The van der Waals surface area contributed by atoms with Crippen LogP contribution in [0.2, 0.25) is 0 Å². The van der Waals surface area contributed by atoms with E-state index in [9.17, 15) is 9.90 Å². The van der Waals surface area contributed by atoms with Crippen molar-refractivity contribution in [2.75, 3.05) is 14.1 Å². The lowest BCUT2D eigenvalue weighted by molar-refractivity contribution is -0.130. The summed E-state index contributed by atoms with van der Waals surface area (Å²) in [5.41, 5.74) is 0. The standard InChI is InChI=1S/C15H29NO3/c1-4-5-6-7-8-9-10-11-12(17)13-14(19-13)15(18)16(2)3/h12-14,17H,4-11H2,1-3H3/t12-,13+,14+/m0/s1. The number of rotatable bonds is 10. The maximum Gasteiger partial charge on any atom is 0.254 e. The van der Waals surface area contributed by atoms with E-state index in [0.717, 1.165) is 12.8 Å². The average Bonchev–Trinajstić information content (AvgIpc) is 3.16.